The minimum absolute atomic E-state index is 0.0255. The van der Waals surface area contributed by atoms with E-state index >= 15 is 0 Å². The standard InChI is InChI=1S/C13H24N2O/c1-8(2)12-13(16)15(10(4)14-12)9(3)11-6-5-7-11/h8-12,14H,5-7H2,1-4H3. The Morgan fingerprint density at radius 1 is 1.31 bits per heavy atom. The Kier molecular flexibility index (Phi) is 3.24. The Morgan fingerprint density at radius 3 is 2.31 bits per heavy atom. The SMILES string of the molecule is CC(C)C1NC(C)N(C(C)C2CCC2)C1=O. The van der Waals surface area contributed by atoms with E-state index < -0.39 is 0 Å². The Labute approximate surface area is 98.6 Å². The fraction of sp³-hybridized carbons (Fsp3) is 0.923. The van der Waals surface area contributed by atoms with Crippen LogP contribution in [0.5, 0.6) is 0 Å². The van der Waals surface area contributed by atoms with Gasteiger partial charge in [0.05, 0.1) is 12.2 Å². The van der Waals surface area contributed by atoms with Crippen molar-refractivity contribution in [2.24, 2.45) is 11.8 Å². The highest BCUT2D eigenvalue weighted by Crippen LogP contribution is 2.34. The summed E-state index contributed by atoms with van der Waals surface area (Å²) in [5, 5.41) is 3.41. The van der Waals surface area contributed by atoms with E-state index in [4.69, 9.17) is 0 Å². The first kappa shape index (κ1) is 11.9. The molecule has 0 radical (unpaired) electrons. The summed E-state index contributed by atoms with van der Waals surface area (Å²) in [5.41, 5.74) is 0. The molecular weight excluding hydrogens is 200 g/mol. The average Bonchev–Trinajstić information content (AvgIpc) is 2.38. The molecule has 3 unspecified atom stereocenters. The molecule has 1 N–H and O–H groups in total. The molecular formula is C13H24N2O. The van der Waals surface area contributed by atoms with E-state index in [2.05, 4.69) is 37.9 Å². The van der Waals surface area contributed by atoms with Crippen LogP contribution in [-0.4, -0.2) is 29.1 Å². The van der Waals surface area contributed by atoms with Crippen molar-refractivity contribution in [3.05, 3.63) is 0 Å². The van der Waals surface area contributed by atoms with Gasteiger partial charge in [-0.2, -0.15) is 0 Å². The van der Waals surface area contributed by atoms with Crippen molar-refractivity contribution in [3.8, 4) is 0 Å². The van der Waals surface area contributed by atoms with Gasteiger partial charge >= 0.3 is 0 Å². The van der Waals surface area contributed by atoms with Crippen LogP contribution in [-0.2, 0) is 4.79 Å². The normalized spacial score (nSPS) is 33.3. The third kappa shape index (κ3) is 1.86. The van der Waals surface area contributed by atoms with Crippen molar-refractivity contribution in [3.63, 3.8) is 0 Å². The highest BCUT2D eigenvalue weighted by molar-refractivity contribution is 5.84. The molecule has 2 fully saturated rings. The molecule has 92 valence electrons. The monoisotopic (exact) mass is 224 g/mol. The molecule has 2 aliphatic rings. The van der Waals surface area contributed by atoms with E-state index in [1.165, 1.54) is 19.3 Å². The molecule has 0 aromatic heterocycles. The van der Waals surface area contributed by atoms with Crippen LogP contribution in [0.1, 0.15) is 47.0 Å². The van der Waals surface area contributed by atoms with Crippen LogP contribution in [0.2, 0.25) is 0 Å². The van der Waals surface area contributed by atoms with Crippen LogP contribution >= 0.6 is 0 Å². The molecule has 3 nitrogen and oxygen atoms in total. The van der Waals surface area contributed by atoms with Crippen molar-refractivity contribution in [2.75, 3.05) is 0 Å². The molecule has 16 heavy (non-hydrogen) atoms. The molecule has 1 heterocycles. The molecule has 0 bridgehead atoms. The van der Waals surface area contributed by atoms with Gasteiger partial charge in [-0.05, 0) is 38.5 Å². The molecule has 2 rings (SSSR count). The second-order valence-electron chi connectivity index (χ2n) is 5.74. The second-order valence-corrected chi connectivity index (χ2v) is 5.74. The molecule has 1 amide bonds. The lowest BCUT2D eigenvalue weighted by Gasteiger charge is -2.39. The molecule has 3 atom stereocenters. The van der Waals surface area contributed by atoms with E-state index in [1.54, 1.807) is 0 Å². The number of carbonyl (C=O) groups excluding carboxylic acids is 1. The molecule has 0 spiro atoms. The predicted molar refractivity (Wildman–Crippen MR) is 64.9 cm³/mol. The van der Waals surface area contributed by atoms with Crippen molar-refractivity contribution in [1.29, 1.82) is 0 Å². The van der Waals surface area contributed by atoms with Gasteiger partial charge in [0.15, 0.2) is 0 Å². The van der Waals surface area contributed by atoms with Crippen molar-refractivity contribution in [1.82, 2.24) is 10.2 Å². The first-order chi connectivity index (χ1) is 7.52. The Morgan fingerprint density at radius 2 is 1.94 bits per heavy atom. The van der Waals surface area contributed by atoms with Gasteiger partial charge < -0.3 is 4.90 Å². The van der Waals surface area contributed by atoms with E-state index in [0.717, 1.165) is 5.92 Å². The zero-order valence-electron chi connectivity index (χ0n) is 10.9. The average molecular weight is 224 g/mol. The van der Waals surface area contributed by atoms with Gasteiger partial charge in [-0.25, -0.2) is 0 Å². The maximum atomic E-state index is 12.3. The highest BCUT2D eigenvalue weighted by Gasteiger charge is 2.43. The van der Waals surface area contributed by atoms with Crippen LogP contribution in [0.25, 0.3) is 0 Å². The van der Waals surface area contributed by atoms with Crippen molar-refractivity contribution < 1.29 is 4.79 Å². The van der Waals surface area contributed by atoms with Gasteiger partial charge in [0.25, 0.3) is 0 Å². The quantitative estimate of drug-likeness (QED) is 0.795. The summed E-state index contributed by atoms with van der Waals surface area (Å²) in [6.45, 7) is 8.54. The molecule has 1 saturated carbocycles. The number of nitrogens with one attached hydrogen (secondary N) is 1. The smallest absolute Gasteiger partial charge is 0.241 e. The van der Waals surface area contributed by atoms with Crippen LogP contribution in [0.4, 0.5) is 0 Å². The van der Waals surface area contributed by atoms with Gasteiger partial charge in [-0.1, -0.05) is 20.3 Å². The number of hydrogen-bond donors (Lipinski definition) is 1. The predicted octanol–water partition coefficient (Wildman–Crippen LogP) is 1.98. The van der Waals surface area contributed by atoms with Crippen LogP contribution in [0, 0.1) is 11.8 Å². The summed E-state index contributed by atoms with van der Waals surface area (Å²) in [6.07, 6.45) is 4.14. The van der Waals surface area contributed by atoms with E-state index in [9.17, 15) is 4.79 Å². The topological polar surface area (TPSA) is 32.3 Å². The molecule has 1 aliphatic heterocycles. The summed E-state index contributed by atoms with van der Waals surface area (Å²) >= 11 is 0. The van der Waals surface area contributed by atoms with Crippen molar-refractivity contribution >= 4 is 5.91 Å². The molecule has 0 aromatic rings. The second kappa shape index (κ2) is 4.36. The van der Waals surface area contributed by atoms with Gasteiger partial charge in [0.1, 0.15) is 0 Å². The minimum Gasteiger partial charge on any atom is -0.323 e. The van der Waals surface area contributed by atoms with Crippen LogP contribution < -0.4 is 5.32 Å². The largest absolute Gasteiger partial charge is 0.323 e. The number of carbonyl (C=O) groups is 1. The Balaban J connectivity index is 2.06. The van der Waals surface area contributed by atoms with Gasteiger partial charge in [-0.3, -0.25) is 10.1 Å². The van der Waals surface area contributed by atoms with Gasteiger partial charge in [0, 0.05) is 6.04 Å². The van der Waals surface area contributed by atoms with Crippen LogP contribution in [0.15, 0.2) is 0 Å². The zero-order chi connectivity index (χ0) is 11.9. The third-order valence-corrected chi connectivity index (χ3v) is 4.30. The van der Waals surface area contributed by atoms with E-state index in [0.29, 0.717) is 17.9 Å². The number of nitrogens with zero attached hydrogens (tertiary/aromatic N) is 1. The summed E-state index contributed by atoms with van der Waals surface area (Å²) in [7, 11) is 0. The molecule has 3 heteroatoms. The first-order valence-electron chi connectivity index (χ1n) is 6.60. The van der Waals surface area contributed by atoms with Gasteiger partial charge in [0.2, 0.25) is 5.91 Å². The Bertz CT molecular complexity index is 273. The number of rotatable bonds is 3. The zero-order valence-corrected chi connectivity index (χ0v) is 10.9. The molecule has 1 saturated heterocycles. The third-order valence-electron chi connectivity index (χ3n) is 4.30. The van der Waals surface area contributed by atoms with E-state index in [-0.39, 0.29) is 12.2 Å². The number of amides is 1. The summed E-state index contributed by atoms with van der Waals surface area (Å²) in [4.78, 5) is 14.4. The molecule has 1 aliphatic carbocycles. The van der Waals surface area contributed by atoms with Gasteiger partial charge in [-0.15, -0.1) is 0 Å². The number of hydrogen-bond acceptors (Lipinski definition) is 2. The lowest BCUT2D eigenvalue weighted by Crippen LogP contribution is -2.47. The van der Waals surface area contributed by atoms with Crippen LogP contribution in [0.3, 0.4) is 0 Å². The maximum Gasteiger partial charge on any atom is 0.241 e. The van der Waals surface area contributed by atoms with Crippen molar-refractivity contribution in [2.45, 2.75) is 65.2 Å². The highest BCUT2D eigenvalue weighted by atomic mass is 16.2. The lowest BCUT2D eigenvalue weighted by molar-refractivity contribution is -0.134. The first-order valence-corrected chi connectivity index (χ1v) is 6.60. The fourth-order valence-electron chi connectivity index (χ4n) is 2.94. The summed E-state index contributed by atoms with van der Waals surface area (Å²) in [6, 6.07) is 0.435. The maximum absolute atomic E-state index is 12.3. The lowest BCUT2D eigenvalue weighted by atomic mass is 9.79. The Hall–Kier alpha value is -0.570. The fourth-order valence-corrected chi connectivity index (χ4v) is 2.94. The minimum atomic E-state index is 0.0255. The summed E-state index contributed by atoms with van der Waals surface area (Å²) in [5.74, 6) is 1.43. The summed E-state index contributed by atoms with van der Waals surface area (Å²) < 4.78 is 0. The molecule has 0 aromatic carbocycles. The van der Waals surface area contributed by atoms with E-state index in [1.807, 2.05) is 0 Å².